The Hall–Kier alpha value is -1.51. The molecule has 1 saturated heterocycles. The molecule has 1 aromatic rings. The molecule has 0 radical (unpaired) electrons. The van der Waals surface area contributed by atoms with Crippen LogP contribution in [0.5, 0.6) is 5.75 Å². The highest BCUT2D eigenvalue weighted by molar-refractivity contribution is 14.0. The summed E-state index contributed by atoms with van der Waals surface area (Å²) < 4.78 is 5.70. The van der Waals surface area contributed by atoms with E-state index >= 15 is 0 Å². The fourth-order valence-electron chi connectivity index (χ4n) is 2.76. The van der Waals surface area contributed by atoms with E-state index < -0.39 is 0 Å². The number of rotatable bonds is 7. The van der Waals surface area contributed by atoms with Gasteiger partial charge in [-0.3, -0.25) is 9.79 Å². The minimum absolute atomic E-state index is 0. The van der Waals surface area contributed by atoms with Crippen molar-refractivity contribution in [1.82, 2.24) is 15.1 Å². The quantitative estimate of drug-likeness (QED) is 0.286. The maximum atomic E-state index is 11.4. The third kappa shape index (κ3) is 7.80. The lowest BCUT2D eigenvalue weighted by atomic mass is 10.3. The van der Waals surface area contributed by atoms with Gasteiger partial charge in [0.05, 0.1) is 6.61 Å². The molecule has 0 spiro atoms. The van der Waals surface area contributed by atoms with Crippen molar-refractivity contribution in [3.05, 3.63) is 30.3 Å². The Morgan fingerprint density at radius 2 is 1.77 bits per heavy atom. The number of amides is 1. The van der Waals surface area contributed by atoms with E-state index in [-0.39, 0.29) is 29.9 Å². The molecule has 0 aromatic heterocycles. The molecule has 1 aliphatic rings. The van der Waals surface area contributed by atoms with Crippen molar-refractivity contribution in [2.24, 2.45) is 4.99 Å². The smallest absolute Gasteiger partial charge is 0.219 e. The molecule has 2 rings (SSSR count). The molecule has 1 fully saturated rings. The molecule has 1 N–H and O–H groups in total. The number of nitrogens with one attached hydrogen (secondary N) is 1. The summed E-state index contributed by atoms with van der Waals surface area (Å²) in [4.78, 5) is 20.3. The molecule has 7 heteroatoms. The zero-order valence-corrected chi connectivity index (χ0v) is 18.1. The number of guanidine groups is 1. The summed E-state index contributed by atoms with van der Waals surface area (Å²) in [6.45, 7) is 9.27. The second kappa shape index (κ2) is 12.8. The molecule has 1 amide bonds. The van der Waals surface area contributed by atoms with Gasteiger partial charge in [0.15, 0.2) is 5.96 Å². The number of hydrogen-bond acceptors (Lipinski definition) is 3. The molecule has 0 saturated carbocycles. The van der Waals surface area contributed by atoms with Gasteiger partial charge in [-0.15, -0.1) is 24.0 Å². The van der Waals surface area contributed by atoms with Gasteiger partial charge in [-0.05, 0) is 31.9 Å². The summed E-state index contributed by atoms with van der Waals surface area (Å²) in [5.74, 6) is 2.03. The number of unbranched alkanes of at least 4 members (excludes halogenated alkanes) is 1. The molecule has 1 aliphatic heterocycles. The molecule has 0 bridgehead atoms. The highest BCUT2D eigenvalue weighted by Crippen LogP contribution is 2.09. The van der Waals surface area contributed by atoms with Crippen molar-refractivity contribution < 1.29 is 9.53 Å². The van der Waals surface area contributed by atoms with E-state index in [4.69, 9.17) is 9.73 Å². The molecule has 26 heavy (non-hydrogen) atoms. The molecule has 1 aromatic carbocycles. The molecule has 1 heterocycles. The maximum Gasteiger partial charge on any atom is 0.219 e. The Morgan fingerprint density at radius 3 is 2.38 bits per heavy atom. The van der Waals surface area contributed by atoms with Gasteiger partial charge in [-0.1, -0.05) is 18.2 Å². The average Bonchev–Trinajstić information content (AvgIpc) is 2.64. The number of carbonyl (C=O) groups excluding carboxylic acids is 1. The minimum Gasteiger partial charge on any atom is -0.494 e. The molecule has 0 atom stereocenters. The van der Waals surface area contributed by atoms with E-state index in [2.05, 4.69) is 17.1 Å². The van der Waals surface area contributed by atoms with Crippen LogP contribution in [0.15, 0.2) is 35.3 Å². The predicted molar refractivity (Wildman–Crippen MR) is 116 cm³/mol. The first kappa shape index (κ1) is 22.5. The number of benzene rings is 1. The first-order chi connectivity index (χ1) is 12.2. The van der Waals surface area contributed by atoms with Gasteiger partial charge >= 0.3 is 0 Å². The van der Waals surface area contributed by atoms with Crippen molar-refractivity contribution in [2.75, 3.05) is 45.9 Å². The van der Waals surface area contributed by atoms with Crippen LogP contribution in [0.25, 0.3) is 0 Å². The summed E-state index contributed by atoms with van der Waals surface area (Å²) in [5.41, 5.74) is 0. The monoisotopic (exact) mass is 474 g/mol. The van der Waals surface area contributed by atoms with Crippen LogP contribution >= 0.6 is 24.0 Å². The number of carbonyl (C=O) groups is 1. The van der Waals surface area contributed by atoms with Gasteiger partial charge in [0.1, 0.15) is 5.75 Å². The van der Waals surface area contributed by atoms with Crippen LogP contribution in [0.2, 0.25) is 0 Å². The summed E-state index contributed by atoms with van der Waals surface area (Å²) >= 11 is 0. The van der Waals surface area contributed by atoms with Crippen LogP contribution in [0.3, 0.4) is 0 Å². The molecule has 6 nitrogen and oxygen atoms in total. The third-order valence-electron chi connectivity index (χ3n) is 4.19. The van der Waals surface area contributed by atoms with Gasteiger partial charge in [-0.2, -0.15) is 0 Å². The number of piperazine rings is 1. The van der Waals surface area contributed by atoms with Crippen molar-refractivity contribution in [1.29, 1.82) is 0 Å². The second-order valence-corrected chi connectivity index (χ2v) is 6.10. The van der Waals surface area contributed by atoms with E-state index in [9.17, 15) is 4.79 Å². The van der Waals surface area contributed by atoms with Crippen molar-refractivity contribution in [3.8, 4) is 5.75 Å². The van der Waals surface area contributed by atoms with Crippen LogP contribution in [-0.2, 0) is 4.79 Å². The fourth-order valence-corrected chi connectivity index (χ4v) is 2.76. The molecular weight excluding hydrogens is 443 g/mol. The number of aliphatic imine (C=N–C) groups is 1. The Balaban J connectivity index is 0.00000338. The van der Waals surface area contributed by atoms with E-state index in [1.807, 2.05) is 35.2 Å². The number of halogens is 1. The SMILES string of the molecule is CCNC(=NCCCCOc1ccccc1)N1CCN(C(C)=O)CC1.I. The van der Waals surface area contributed by atoms with Crippen LogP contribution in [0.1, 0.15) is 26.7 Å². The second-order valence-electron chi connectivity index (χ2n) is 6.10. The van der Waals surface area contributed by atoms with Gasteiger partial charge in [-0.25, -0.2) is 0 Å². The average molecular weight is 474 g/mol. The first-order valence-corrected chi connectivity index (χ1v) is 9.17. The van der Waals surface area contributed by atoms with Crippen LogP contribution < -0.4 is 10.1 Å². The molecule has 0 aliphatic carbocycles. The summed E-state index contributed by atoms with van der Waals surface area (Å²) in [5, 5.41) is 3.35. The summed E-state index contributed by atoms with van der Waals surface area (Å²) in [7, 11) is 0. The summed E-state index contributed by atoms with van der Waals surface area (Å²) in [6, 6.07) is 9.90. The van der Waals surface area contributed by atoms with Gasteiger partial charge in [0.2, 0.25) is 5.91 Å². The zero-order chi connectivity index (χ0) is 17.9. The summed E-state index contributed by atoms with van der Waals surface area (Å²) in [6.07, 6.45) is 1.98. The Bertz CT molecular complexity index is 546. The van der Waals surface area contributed by atoms with E-state index in [0.717, 1.165) is 63.8 Å². The normalized spacial score (nSPS) is 14.6. The van der Waals surface area contributed by atoms with E-state index in [0.29, 0.717) is 6.61 Å². The zero-order valence-electron chi connectivity index (χ0n) is 15.8. The van der Waals surface area contributed by atoms with Gasteiger partial charge < -0.3 is 19.9 Å². The number of nitrogens with zero attached hydrogens (tertiary/aromatic N) is 3. The fraction of sp³-hybridized carbons (Fsp3) is 0.579. The topological polar surface area (TPSA) is 57.2 Å². The van der Waals surface area contributed by atoms with Crippen molar-refractivity contribution in [3.63, 3.8) is 0 Å². The lowest BCUT2D eigenvalue weighted by Gasteiger charge is -2.36. The largest absolute Gasteiger partial charge is 0.494 e. The lowest BCUT2D eigenvalue weighted by molar-refractivity contribution is -0.130. The number of ether oxygens (including phenoxy) is 1. The molecular formula is C19H31IN4O2. The Morgan fingerprint density at radius 1 is 1.12 bits per heavy atom. The highest BCUT2D eigenvalue weighted by Gasteiger charge is 2.20. The van der Waals surface area contributed by atoms with Crippen molar-refractivity contribution in [2.45, 2.75) is 26.7 Å². The Labute approximate surface area is 174 Å². The third-order valence-corrected chi connectivity index (χ3v) is 4.19. The maximum absolute atomic E-state index is 11.4. The van der Waals surface area contributed by atoms with Gasteiger partial charge in [0, 0.05) is 46.2 Å². The predicted octanol–water partition coefficient (Wildman–Crippen LogP) is 2.59. The van der Waals surface area contributed by atoms with E-state index in [1.54, 1.807) is 6.92 Å². The lowest BCUT2D eigenvalue weighted by Crippen LogP contribution is -2.53. The number of para-hydroxylation sites is 1. The first-order valence-electron chi connectivity index (χ1n) is 9.17. The molecule has 0 unspecified atom stereocenters. The van der Waals surface area contributed by atoms with Crippen LogP contribution in [0, 0.1) is 0 Å². The van der Waals surface area contributed by atoms with E-state index in [1.165, 1.54) is 0 Å². The van der Waals surface area contributed by atoms with Crippen LogP contribution in [-0.4, -0.2) is 67.5 Å². The van der Waals surface area contributed by atoms with Gasteiger partial charge in [0.25, 0.3) is 0 Å². The highest BCUT2D eigenvalue weighted by atomic mass is 127. The van der Waals surface area contributed by atoms with Crippen molar-refractivity contribution >= 4 is 35.8 Å². The Kier molecular flexibility index (Phi) is 11.1. The number of hydrogen-bond donors (Lipinski definition) is 1. The van der Waals surface area contributed by atoms with Crippen LogP contribution in [0.4, 0.5) is 0 Å². The minimum atomic E-state index is 0. The molecule has 146 valence electrons. The standard InChI is InChI=1S/C19H30N4O2.HI/c1-3-20-19(23-14-12-22(13-15-23)17(2)24)21-11-7-8-16-25-18-9-5-4-6-10-18;/h4-6,9-10H,3,7-8,11-16H2,1-2H3,(H,20,21);1H.